The Morgan fingerprint density at radius 2 is 1.57 bits per heavy atom. The number of nitrogens with two attached hydrogens (primary N) is 1. The average Bonchev–Trinajstić information content (AvgIpc) is 3.01. The largest absolute Gasteiger partial charge is 0.351 e. The summed E-state index contributed by atoms with van der Waals surface area (Å²) in [6.07, 6.45) is 8.96. The molecule has 2 aliphatic rings. The number of halogens is 1. The van der Waals surface area contributed by atoms with Gasteiger partial charge < -0.3 is 21.3 Å². The van der Waals surface area contributed by atoms with Gasteiger partial charge in [0.05, 0.1) is 5.41 Å². The fraction of sp³-hybridized carbons (Fsp3) is 0.583. The Labute approximate surface area is 268 Å². The maximum Gasteiger partial charge on any atom is 0.245 e. The third-order valence-electron chi connectivity index (χ3n) is 9.43. The molecule has 1 aliphatic carbocycles. The van der Waals surface area contributed by atoms with E-state index in [1.807, 2.05) is 68.1 Å². The van der Waals surface area contributed by atoms with Gasteiger partial charge in [0.15, 0.2) is 0 Å². The topological polar surface area (TPSA) is 105 Å². The standard InChI is InChI=1S/C36H51ClN4O3/c1-35(2,3)40-34(44)36(29-11-5-4-6-12-29)20-23-41(24-21-36)33(43)31(25-26-13-16-30(37)17-14-26)39-32(42)18-15-27-9-7-8-10-28(27)19-22-38/h7-10,13-14,16-17,29,31H,4-6,11-12,15,18-25,38H2,1-3H3,(H,39,42)(H,40,44)/t31-/m1/s1. The molecule has 0 bridgehead atoms. The molecule has 1 atom stereocenters. The summed E-state index contributed by atoms with van der Waals surface area (Å²) in [7, 11) is 0. The maximum atomic E-state index is 14.1. The molecular weight excluding hydrogens is 572 g/mol. The van der Waals surface area contributed by atoms with Crippen LogP contribution in [0.1, 0.15) is 88.8 Å². The molecular formula is C36H51ClN4O3. The van der Waals surface area contributed by atoms with E-state index in [1.54, 1.807) is 0 Å². The Balaban J connectivity index is 1.47. The monoisotopic (exact) mass is 622 g/mol. The van der Waals surface area contributed by atoms with Crippen LogP contribution in [0.4, 0.5) is 0 Å². The first-order valence-electron chi connectivity index (χ1n) is 16.4. The van der Waals surface area contributed by atoms with Crippen LogP contribution in [0.2, 0.25) is 5.02 Å². The molecule has 0 spiro atoms. The predicted octanol–water partition coefficient (Wildman–Crippen LogP) is 5.61. The van der Waals surface area contributed by atoms with Gasteiger partial charge in [-0.1, -0.05) is 67.3 Å². The second kappa shape index (κ2) is 15.4. The van der Waals surface area contributed by atoms with Gasteiger partial charge in [-0.25, -0.2) is 0 Å². The molecule has 1 saturated carbocycles. The number of hydrogen-bond donors (Lipinski definition) is 3. The third kappa shape index (κ3) is 9.07. The van der Waals surface area contributed by atoms with Crippen LogP contribution in [0.3, 0.4) is 0 Å². The van der Waals surface area contributed by atoms with Crippen molar-refractivity contribution in [3.63, 3.8) is 0 Å². The number of nitrogens with zero attached hydrogens (tertiary/aromatic N) is 1. The van der Waals surface area contributed by atoms with Gasteiger partial charge in [-0.05, 0) is 101 Å². The van der Waals surface area contributed by atoms with Crippen molar-refractivity contribution in [1.82, 2.24) is 15.5 Å². The van der Waals surface area contributed by atoms with Crippen LogP contribution in [0.25, 0.3) is 0 Å². The Bertz CT molecular complexity index is 1260. The lowest BCUT2D eigenvalue weighted by Crippen LogP contribution is -2.59. The van der Waals surface area contributed by atoms with Crippen molar-refractivity contribution in [1.29, 1.82) is 0 Å². The second-order valence-electron chi connectivity index (χ2n) is 13.8. The number of benzene rings is 2. The molecule has 0 aromatic heterocycles. The van der Waals surface area contributed by atoms with E-state index < -0.39 is 11.5 Å². The molecule has 240 valence electrons. The molecule has 1 heterocycles. The highest BCUT2D eigenvalue weighted by Gasteiger charge is 2.49. The van der Waals surface area contributed by atoms with Gasteiger partial charge in [-0.15, -0.1) is 0 Å². The Morgan fingerprint density at radius 1 is 0.955 bits per heavy atom. The van der Waals surface area contributed by atoms with Gasteiger partial charge >= 0.3 is 0 Å². The van der Waals surface area contributed by atoms with Crippen LogP contribution < -0.4 is 16.4 Å². The number of likely N-dealkylation sites (tertiary alicyclic amines) is 1. The van der Waals surface area contributed by atoms with Crippen molar-refractivity contribution < 1.29 is 14.4 Å². The summed E-state index contributed by atoms with van der Waals surface area (Å²) in [6.45, 7) is 7.65. The molecule has 2 aromatic carbocycles. The van der Waals surface area contributed by atoms with Crippen LogP contribution in [-0.2, 0) is 33.6 Å². The van der Waals surface area contributed by atoms with E-state index in [-0.39, 0.29) is 29.7 Å². The van der Waals surface area contributed by atoms with Gasteiger partial charge in [0, 0.05) is 36.5 Å². The lowest BCUT2D eigenvalue weighted by molar-refractivity contribution is -0.147. The van der Waals surface area contributed by atoms with Crippen LogP contribution in [0, 0.1) is 11.3 Å². The zero-order chi connectivity index (χ0) is 31.7. The summed E-state index contributed by atoms with van der Waals surface area (Å²) in [4.78, 5) is 43.0. The van der Waals surface area contributed by atoms with Gasteiger partial charge in [0.2, 0.25) is 17.7 Å². The quantitative estimate of drug-likeness (QED) is 0.303. The van der Waals surface area contributed by atoms with E-state index >= 15 is 0 Å². The van der Waals surface area contributed by atoms with Crippen molar-refractivity contribution >= 4 is 29.3 Å². The minimum Gasteiger partial charge on any atom is -0.351 e. The Kier molecular flexibility index (Phi) is 11.9. The average molecular weight is 623 g/mol. The normalized spacial score (nSPS) is 18.0. The summed E-state index contributed by atoms with van der Waals surface area (Å²) >= 11 is 6.12. The van der Waals surface area contributed by atoms with Gasteiger partial charge in [0.1, 0.15) is 6.04 Å². The molecule has 2 fully saturated rings. The number of amides is 3. The van der Waals surface area contributed by atoms with Crippen LogP contribution in [-0.4, -0.2) is 53.8 Å². The van der Waals surface area contributed by atoms with Crippen LogP contribution in [0.5, 0.6) is 0 Å². The van der Waals surface area contributed by atoms with E-state index in [9.17, 15) is 14.4 Å². The van der Waals surface area contributed by atoms with Gasteiger partial charge in [-0.2, -0.15) is 0 Å². The molecule has 44 heavy (non-hydrogen) atoms. The molecule has 0 radical (unpaired) electrons. The highest BCUT2D eigenvalue weighted by atomic mass is 35.5. The highest BCUT2D eigenvalue weighted by molar-refractivity contribution is 6.30. The highest BCUT2D eigenvalue weighted by Crippen LogP contribution is 2.46. The summed E-state index contributed by atoms with van der Waals surface area (Å²) in [5.41, 5.74) is 8.20. The molecule has 1 saturated heterocycles. The number of nitrogens with one attached hydrogen (secondary N) is 2. The Hall–Kier alpha value is -2.90. The molecule has 4 rings (SSSR count). The lowest BCUT2D eigenvalue weighted by Gasteiger charge is -2.48. The molecule has 4 N–H and O–H groups in total. The van der Waals surface area contributed by atoms with E-state index in [2.05, 4.69) is 16.7 Å². The van der Waals surface area contributed by atoms with Gasteiger partial charge in [-0.3, -0.25) is 14.4 Å². The number of hydrogen-bond acceptors (Lipinski definition) is 4. The zero-order valence-corrected chi connectivity index (χ0v) is 27.6. The van der Waals surface area contributed by atoms with E-state index in [0.29, 0.717) is 56.3 Å². The van der Waals surface area contributed by atoms with Crippen molar-refractivity contribution in [2.24, 2.45) is 17.1 Å². The van der Waals surface area contributed by atoms with Gasteiger partial charge in [0.25, 0.3) is 0 Å². The molecule has 7 nitrogen and oxygen atoms in total. The number of carbonyl (C=O) groups is 3. The van der Waals surface area contributed by atoms with E-state index in [1.165, 1.54) is 6.42 Å². The first-order valence-corrected chi connectivity index (χ1v) is 16.8. The van der Waals surface area contributed by atoms with Crippen molar-refractivity contribution in [3.8, 4) is 0 Å². The third-order valence-corrected chi connectivity index (χ3v) is 9.69. The summed E-state index contributed by atoms with van der Waals surface area (Å²) in [5, 5.41) is 6.97. The fourth-order valence-electron chi connectivity index (χ4n) is 7.06. The summed E-state index contributed by atoms with van der Waals surface area (Å²) in [5.74, 6) is 0.218. The Morgan fingerprint density at radius 3 is 2.16 bits per heavy atom. The van der Waals surface area contributed by atoms with Crippen molar-refractivity contribution in [2.45, 2.75) is 103 Å². The second-order valence-corrected chi connectivity index (χ2v) is 14.2. The number of aryl methyl sites for hydroxylation is 1. The SMILES string of the molecule is CC(C)(C)NC(=O)C1(C2CCCCC2)CCN(C(=O)[C@@H](Cc2ccc(Cl)cc2)NC(=O)CCc2ccccc2CCN)CC1. The van der Waals surface area contributed by atoms with E-state index in [4.69, 9.17) is 17.3 Å². The summed E-state index contributed by atoms with van der Waals surface area (Å²) < 4.78 is 0. The maximum absolute atomic E-state index is 14.1. The van der Waals surface area contributed by atoms with Crippen LogP contribution >= 0.6 is 11.6 Å². The predicted molar refractivity (Wildman–Crippen MR) is 177 cm³/mol. The smallest absolute Gasteiger partial charge is 0.245 e. The number of piperidine rings is 1. The molecule has 2 aromatic rings. The first kappa shape index (κ1) is 34.0. The van der Waals surface area contributed by atoms with Crippen LogP contribution in [0.15, 0.2) is 48.5 Å². The number of rotatable bonds is 11. The zero-order valence-electron chi connectivity index (χ0n) is 26.8. The molecule has 1 aliphatic heterocycles. The molecule has 0 unspecified atom stereocenters. The van der Waals surface area contributed by atoms with Crippen molar-refractivity contribution in [3.05, 3.63) is 70.2 Å². The molecule has 8 heteroatoms. The minimum atomic E-state index is -0.700. The summed E-state index contributed by atoms with van der Waals surface area (Å²) in [6, 6.07) is 14.8. The van der Waals surface area contributed by atoms with E-state index in [0.717, 1.165) is 48.8 Å². The number of carbonyl (C=O) groups excluding carboxylic acids is 3. The molecule has 3 amide bonds. The lowest BCUT2D eigenvalue weighted by atomic mass is 9.63. The fourth-order valence-corrected chi connectivity index (χ4v) is 7.19. The minimum absolute atomic E-state index is 0.0923. The van der Waals surface area contributed by atoms with Crippen molar-refractivity contribution in [2.75, 3.05) is 19.6 Å². The first-order chi connectivity index (χ1) is 21.0.